The quantitative estimate of drug-likeness (QED) is 0.820. The fourth-order valence-corrected chi connectivity index (χ4v) is 4.26. The van der Waals surface area contributed by atoms with Crippen molar-refractivity contribution in [2.75, 3.05) is 25.4 Å². The molecule has 0 spiro atoms. The minimum atomic E-state index is -3.00. The highest BCUT2D eigenvalue weighted by Gasteiger charge is 2.26. The fraction of sp³-hybridized carbons (Fsp3) is 1.00. The minimum absolute atomic E-state index is 0.275. The van der Waals surface area contributed by atoms with Crippen LogP contribution in [0.1, 0.15) is 38.5 Å². The summed E-state index contributed by atoms with van der Waals surface area (Å²) in [6, 6.07) is 0.326. The SMILES string of the molecule is NC1CCC(OCCN2CCCCS2(=O)=O)CC1. The summed E-state index contributed by atoms with van der Waals surface area (Å²) in [7, 11) is -3.00. The molecule has 2 aliphatic rings. The number of sulfonamides is 1. The van der Waals surface area contributed by atoms with Crippen molar-refractivity contribution in [3.63, 3.8) is 0 Å². The first-order valence-corrected chi connectivity index (χ1v) is 8.54. The molecule has 0 unspecified atom stereocenters. The molecule has 1 saturated carbocycles. The van der Waals surface area contributed by atoms with Crippen molar-refractivity contribution in [2.24, 2.45) is 5.73 Å². The predicted octanol–water partition coefficient (Wildman–Crippen LogP) is 0.698. The van der Waals surface area contributed by atoms with E-state index >= 15 is 0 Å². The molecule has 0 aromatic carbocycles. The third-order valence-corrected chi connectivity index (χ3v) is 5.82. The lowest BCUT2D eigenvalue weighted by Crippen LogP contribution is -2.40. The highest BCUT2D eigenvalue weighted by Crippen LogP contribution is 2.20. The van der Waals surface area contributed by atoms with E-state index in [0.29, 0.717) is 31.5 Å². The predicted molar refractivity (Wildman–Crippen MR) is 70.8 cm³/mol. The van der Waals surface area contributed by atoms with Crippen molar-refractivity contribution in [1.82, 2.24) is 4.31 Å². The molecule has 0 aromatic heterocycles. The summed E-state index contributed by atoms with van der Waals surface area (Å²) >= 11 is 0. The Kier molecular flexibility index (Phi) is 5.00. The van der Waals surface area contributed by atoms with Gasteiger partial charge in [-0.2, -0.15) is 4.31 Å². The van der Waals surface area contributed by atoms with Gasteiger partial charge < -0.3 is 10.5 Å². The topological polar surface area (TPSA) is 72.6 Å². The van der Waals surface area contributed by atoms with Crippen LogP contribution in [0.3, 0.4) is 0 Å². The van der Waals surface area contributed by atoms with Gasteiger partial charge in [-0.25, -0.2) is 8.42 Å². The van der Waals surface area contributed by atoms with E-state index in [4.69, 9.17) is 10.5 Å². The van der Waals surface area contributed by atoms with Gasteiger partial charge >= 0.3 is 0 Å². The van der Waals surface area contributed by atoms with E-state index in [1.807, 2.05) is 0 Å². The number of hydrogen-bond acceptors (Lipinski definition) is 4. The number of nitrogens with two attached hydrogens (primary N) is 1. The van der Waals surface area contributed by atoms with Gasteiger partial charge in [0.15, 0.2) is 0 Å². The molecule has 1 heterocycles. The van der Waals surface area contributed by atoms with Crippen molar-refractivity contribution in [3.05, 3.63) is 0 Å². The van der Waals surface area contributed by atoms with Crippen LogP contribution in [0.4, 0.5) is 0 Å². The maximum atomic E-state index is 11.8. The Hall–Kier alpha value is -0.170. The van der Waals surface area contributed by atoms with Gasteiger partial charge in [0.2, 0.25) is 10.0 Å². The van der Waals surface area contributed by atoms with Gasteiger partial charge in [-0.3, -0.25) is 0 Å². The van der Waals surface area contributed by atoms with Crippen molar-refractivity contribution in [3.8, 4) is 0 Å². The van der Waals surface area contributed by atoms with Crippen LogP contribution in [0.5, 0.6) is 0 Å². The lowest BCUT2D eigenvalue weighted by Gasteiger charge is -2.29. The summed E-state index contributed by atoms with van der Waals surface area (Å²) in [5, 5.41) is 0. The first-order valence-electron chi connectivity index (χ1n) is 6.93. The van der Waals surface area contributed by atoms with E-state index in [9.17, 15) is 8.42 Å². The Bertz CT molecular complexity index is 350. The van der Waals surface area contributed by atoms with Crippen molar-refractivity contribution in [1.29, 1.82) is 0 Å². The van der Waals surface area contributed by atoms with Gasteiger partial charge in [0.25, 0.3) is 0 Å². The molecule has 0 bridgehead atoms. The Morgan fingerprint density at radius 2 is 1.89 bits per heavy atom. The average Bonchev–Trinajstić information content (AvgIpc) is 2.33. The first kappa shape index (κ1) is 14.2. The second-order valence-corrected chi connectivity index (χ2v) is 7.42. The Morgan fingerprint density at radius 1 is 1.17 bits per heavy atom. The maximum absolute atomic E-state index is 11.8. The Balaban J connectivity index is 1.68. The monoisotopic (exact) mass is 276 g/mol. The molecule has 0 atom stereocenters. The van der Waals surface area contributed by atoms with E-state index in [-0.39, 0.29) is 6.10 Å². The fourth-order valence-electron chi connectivity index (χ4n) is 2.67. The minimum Gasteiger partial charge on any atom is -0.377 e. The first-order chi connectivity index (χ1) is 8.58. The number of hydrogen-bond donors (Lipinski definition) is 1. The number of nitrogens with zero attached hydrogens (tertiary/aromatic N) is 1. The van der Waals surface area contributed by atoms with E-state index in [1.165, 1.54) is 0 Å². The van der Waals surface area contributed by atoms with E-state index in [0.717, 1.165) is 38.5 Å². The molecule has 6 heteroatoms. The normalized spacial score (nSPS) is 33.4. The summed E-state index contributed by atoms with van der Waals surface area (Å²) in [5.41, 5.74) is 5.83. The zero-order valence-electron chi connectivity index (χ0n) is 10.9. The van der Waals surface area contributed by atoms with Crippen molar-refractivity contribution in [2.45, 2.75) is 50.7 Å². The van der Waals surface area contributed by atoms with Crippen molar-refractivity contribution < 1.29 is 13.2 Å². The third kappa shape index (κ3) is 3.91. The van der Waals surface area contributed by atoms with Crippen LogP contribution in [-0.2, 0) is 14.8 Å². The van der Waals surface area contributed by atoms with Crippen LogP contribution < -0.4 is 5.73 Å². The molecule has 2 fully saturated rings. The molecule has 5 nitrogen and oxygen atoms in total. The van der Waals surface area contributed by atoms with Crippen LogP contribution >= 0.6 is 0 Å². The lowest BCUT2D eigenvalue weighted by molar-refractivity contribution is 0.0205. The molecule has 0 radical (unpaired) electrons. The second-order valence-electron chi connectivity index (χ2n) is 5.33. The summed E-state index contributed by atoms with van der Waals surface area (Å²) < 4.78 is 30.9. The molecular formula is C12H24N2O3S. The molecule has 0 aromatic rings. The molecule has 0 amide bonds. The standard InChI is InChI=1S/C12H24N2O3S/c13-11-3-5-12(6-4-11)17-9-8-14-7-1-2-10-18(14,15)16/h11-12H,1-10,13H2. The zero-order valence-corrected chi connectivity index (χ0v) is 11.7. The van der Waals surface area contributed by atoms with Crippen LogP contribution in [0, 0.1) is 0 Å². The molecule has 1 aliphatic carbocycles. The number of rotatable bonds is 4. The molecule has 1 saturated heterocycles. The highest BCUT2D eigenvalue weighted by molar-refractivity contribution is 7.89. The molecule has 2 N–H and O–H groups in total. The van der Waals surface area contributed by atoms with Gasteiger partial charge in [-0.15, -0.1) is 0 Å². The average molecular weight is 276 g/mol. The zero-order chi connectivity index (χ0) is 13.0. The van der Waals surface area contributed by atoms with Gasteiger partial charge in [-0.1, -0.05) is 0 Å². The van der Waals surface area contributed by atoms with E-state index in [1.54, 1.807) is 4.31 Å². The maximum Gasteiger partial charge on any atom is 0.214 e. The van der Waals surface area contributed by atoms with E-state index in [2.05, 4.69) is 0 Å². The van der Waals surface area contributed by atoms with Crippen LogP contribution in [0.15, 0.2) is 0 Å². The smallest absolute Gasteiger partial charge is 0.214 e. The molecule has 106 valence electrons. The third-order valence-electron chi connectivity index (χ3n) is 3.87. The second kappa shape index (κ2) is 6.32. The van der Waals surface area contributed by atoms with Gasteiger partial charge in [-0.05, 0) is 38.5 Å². The van der Waals surface area contributed by atoms with Gasteiger partial charge in [0.1, 0.15) is 0 Å². The Morgan fingerprint density at radius 3 is 2.56 bits per heavy atom. The number of ether oxygens (including phenoxy) is 1. The summed E-state index contributed by atoms with van der Waals surface area (Å²) in [5.74, 6) is 0.297. The molecule has 18 heavy (non-hydrogen) atoms. The molecular weight excluding hydrogens is 252 g/mol. The molecule has 2 rings (SSSR count). The lowest BCUT2D eigenvalue weighted by atomic mass is 9.94. The Labute approximate surface area is 110 Å². The summed E-state index contributed by atoms with van der Waals surface area (Å²) in [6.07, 6.45) is 6.09. The summed E-state index contributed by atoms with van der Waals surface area (Å²) in [4.78, 5) is 0. The summed E-state index contributed by atoms with van der Waals surface area (Å²) in [6.45, 7) is 1.67. The largest absolute Gasteiger partial charge is 0.377 e. The van der Waals surface area contributed by atoms with Crippen molar-refractivity contribution >= 4 is 10.0 Å². The van der Waals surface area contributed by atoms with Crippen LogP contribution in [0.2, 0.25) is 0 Å². The highest BCUT2D eigenvalue weighted by atomic mass is 32.2. The van der Waals surface area contributed by atoms with Gasteiger partial charge in [0, 0.05) is 19.1 Å². The molecule has 1 aliphatic heterocycles. The van der Waals surface area contributed by atoms with E-state index < -0.39 is 10.0 Å². The van der Waals surface area contributed by atoms with Crippen LogP contribution in [0.25, 0.3) is 0 Å². The van der Waals surface area contributed by atoms with Gasteiger partial charge in [0.05, 0.1) is 18.5 Å². The van der Waals surface area contributed by atoms with Crippen LogP contribution in [-0.4, -0.2) is 50.3 Å².